The van der Waals surface area contributed by atoms with Crippen molar-refractivity contribution >= 4 is 12.3 Å². The third-order valence-corrected chi connectivity index (χ3v) is 3.90. The van der Waals surface area contributed by atoms with E-state index in [4.69, 9.17) is 9.84 Å². The second-order valence-corrected chi connectivity index (χ2v) is 5.20. The topological polar surface area (TPSA) is 62.1 Å². The van der Waals surface area contributed by atoms with E-state index in [9.17, 15) is 4.79 Å². The maximum atomic E-state index is 10.9. The summed E-state index contributed by atoms with van der Waals surface area (Å²) in [6.07, 6.45) is 3.59. The van der Waals surface area contributed by atoms with E-state index >= 15 is 0 Å². The predicted molar refractivity (Wildman–Crippen MR) is 75.9 cm³/mol. The van der Waals surface area contributed by atoms with E-state index in [1.54, 1.807) is 0 Å². The van der Waals surface area contributed by atoms with Crippen molar-refractivity contribution in [3.05, 3.63) is 29.3 Å². The molecule has 0 aliphatic carbocycles. The summed E-state index contributed by atoms with van der Waals surface area (Å²) >= 11 is 0. The summed E-state index contributed by atoms with van der Waals surface area (Å²) in [7, 11) is 0. The van der Waals surface area contributed by atoms with Crippen molar-refractivity contribution in [2.75, 3.05) is 19.6 Å². The summed E-state index contributed by atoms with van der Waals surface area (Å²) in [5, 5.41) is 8.94. The maximum Gasteiger partial charge on any atom is 0.407 e. The minimum absolute atomic E-state index is 0.107. The molecule has 20 heavy (non-hydrogen) atoms. The van der Waals surface area contributed by atoms with Gasteiger partial charge in [0.1, 0.15) is 11.9 Å². The minimum atomic E-state index is -0.836. The number of benzene rings is 1. The highest BCUT2D eigenvalue weighted by atomic mass is 16.5. The second kappa shape index (κ2) is 5.53. The summed E-state index contributed by atoms with van der Waals surface area (Å²) in [5.74, 6) is 0.933. The van der Waals surface area contributed by atoms with Crippen LogP contribution in [0, 0.1) is 0 Å². The Morgan fingerprint density at radius 3 is 2.90 bits per heavy atom. The van der Waals surface area contributed by atoms with E-state index in [2.05, 4.69) is 11.1 Å². The van der Waals surface area contributed by atoms with Crippen molar-refractivity contribution in [1.82, 2.24) is 4.90 Å². The fourth-order valence-electron chi connectivity index (χ4n) is 2.77. The first-order valence-electron chi connectivity index (χ1n) is 7.00. The molecule has 0 atom stereocenters. The van der Waals surface area contributed by atoms with Crippen LogP contribution in [0.25, 0.3) is 0 Å². The fraction of sp³-hybridized carbons (Fsp3) is 0.467. The molecular weight excluding hydrogens is 256 g/mol. The molecule has 1 amide bonds. The van der Waals surface area contributed by atoms with E-state index in [0.29, 0.717) is 13.1 Å². The van der Waals surface area contributed by atoms with E-state index in [0.717, 1.165) is 37.1 Å². The summed E-state index contributed by atoms with van der Waals surface area (Å²) in [6.45, 7) is 1.91. The van der Waals surface area contributed by atoms with Gasteiger partial charge in [0, 0.05) is 44.3 Å². The summed E-state index contributed by atoms with van der Waals surface area (Å²) in [5.41, 5.74) is 2.36. The van der Waals surface area contributed by atoms with Gasteiger partial charge in [0.25, 0.3) is 0 Å². The van der Waals surface area contributed by atoms with Crippen molar-refractivity contribution < 1.29 is 14.6 Å². The first-order chi connectivity index (χ1) is 9.74. The summed E-state index contributed by atoms with van der Waals surface area (Å²) in [4.78, 5) is 16.6. The molecule has 1 aromatic carbocycles. The number of ether oxygens (including phenoxy) is 1. The van der Waals surface area contributed by atoms with Crippen LogP contribution in [0.3, 0.4) is 0 Å². The second-order valence-electron chi connectivity index (χ2n) is 5.20. The number of piperidine rings is 1. The lowest BCUT2D eigenvalue weighted by molar-refractivity contribution is 0.0889. The standard InChI is InChI=1S/C15H18N2O3/c18-15(19)17-8-5-12(6-9-17)20-14-3-1-2-11-10-16-7-4-13(11)14/h1-3,10,12H,4-9H2,(H,18,19). The minimum Gasteiger partial charge on any atom is -0.490 e. The van der Waals surface area contributed by atoms with Gasteiger partial charge in [-0.3, -0.25) is 4.99 Å². The molecule has 1 saturated heterocycles. The van der Waals surface area contributed by atoms with E-state index in [-0.39, 0.29) is 6.10 Å². The van der Waals surface area contributed by atoms with Crippen LogP contribution < -0.4 is 4.74 Å². The monoisotopic (exact) mass is 274 g/mol. The van der Waals surface area contributed by atoms with E-state index < -0.39 is 6.09 Å². The highest BCUT2D eigenvalue weighted by molar-refractivity contribution is 5.84. The van der Waals surface area contributed by atoms with E-state index in [1.165, 1.54) is 10.5 Å². The lowest BCUT2D eigenvalue weighted by Crippen LogP contribution is -2.41. The Bertz CT molecular complexity index is 534. The number of fused-ring (bicyclic) bond motifs is 1. The quantitative estimate of drug-likeness (QED) is 0.899. The van der Waals surface area contributed by atoms with Gasteiger partial charge in [-0.25, -0.2) is 4.79 Å². The Labute approximate surface area is 117 Å². The molecular formula is C15H18N2O3. The number of amides is 1. The Kier molecular flexibility index (Phi) is 3.58. The molecule has 2 aliphatic heterocycles. The highest BCUT2D eigenvalue weighted by Crippen LogP contribution is 2.27. The molecule has 1 aromatic rings. The number of carbonyl (C=O) groups is 1. The van der Waals surface area contributed by atoms with Gasteiger partial charge in [-0.1, -0.05) is 12.1 Å². The SMILES string of the molecule is O=C(O)N1CCC(Oc2cccc3c2CCN=C3)CC1. The third-order valence-electron chi connectivity index (χ3n) is 3.90. The number of rotatable bonds is 2. The van der Waals surface area contributed by atoms with Crippen molar-refractivity contribution in [3.8, 4) is 5.75 Å². The summed E-state index contributed by atoms with van der Waals surface area (Å²) < 4.78 is 6.10. The van der Waals surface area contributed by atoms with E-state index in [1.807, 2.05) is 18.3 Å². The molecule has 106 valence electrons. The molecule has 3 rings (SSSR count). The van der Waals surface area contributed by atoms with Crippen LogP contribution in [0.5, 0.6) is 5.75 Å². The van der Waals surface area contributed by atoms with Crippen molar-refractivity contribution in [2.45, 2.75) is 25.4 Å². The van der Waals surface area contributed by atoms with Gasteiger partial charge in [0.05, 0.1) is 0 Å². The molecule has 0 spiro atoms. The predicted octanol–water partition coefficient (Wildman–Crippen LogP) is 2.18. The molecule has 5 nitrogen and oxygen atoms in total. The Balaban J connectivity index is 1.67. The van der Waals surface area contributed by atoms with Gasteiger partial charge in [0.2, 0.25) is 0 Å². The van der Waals surface area contributed by atoms with Gasteiger partial charge in [-0.05, 0) is 18.1 Å². The molecule has 1 N–H and O–H groups in total. The lowest BCUT2D eigenvalue weighted by atomic mass is 10.0. The Hall–Kier alpha value is -2.04. The van der Waals surface area contributed by atoms with Crippen LogP contribution in [0.4, 0.5) is 4.79 Å². The van der Waals surface area contributed by atoms with Crippen molar-refractivity contribution in [3.63, 3.8) is 0 Å². The number of nitrogens with zero attached hydrogens (tertiary/aromatic N) is 2. The normalized spacial score (nSPS) is 18.7. The van der Waals surface area contributed by atoms with Crippen molar-refractivity contribution in [2.24, 2.45) is 4.99 Å². The average molecular weight is 274 g/mol. The molecule has 0 radical (unpaired) electrons. The molecule has 2 heterocycles. The van der Waals surface area contributed by atoms with Crippen LogP contribution >= 0.6 is 0 Å². The van der Waals surface area contributed by atoms with Crippen LogP contribution in [-0.2, 0) is 6.42 Å². The van der Waals surface area contributed by atoms with Crippen LogP contribution in [0.15, 0.2) is 23.2 Å². The first kappa shape index (κ1) is 13.0. The van der Waals surface area contributed by atoms with Gasteiger partial charge in [0.15, 0.2) is 0 Å². The number of aliphatic imine (C=N–C) groups is 1. The Morgan fingerprint density at radius 1 is 1.35 bits per heavy atom. The third kappa shape index (κ3) is 2.61. The van der Waals surface area contributed by atoms with Crippen LogP contribution in [0.1, 0.15) is 24.0 Å². The molecule has 5 heteroatoms. The highest BCUT2D eigenvalue weighted by Gasteiger charge is 2.24. The molecule has 2 aliphatic rings. The smallest absolute Gasteiger partial charge is 0.407 e. The fourth-order valence-corrected chi connectivity index (χ4v) is 2.77. The summed E-state index contributed by atoms with van der Waals surface area (Å²) in [6, 6.07) is 6.04. The van der Waals surface area contributed by atoms with Gasteiger partial charge in [-0.15, -0.1) is 0 Å². The molecule has 0 aromatic heterocycles. The van der Waals surface area contributed by atoms with Gasteiger partial charge in [-0.2, -0.15) is 0 Å². The van der Waals surface area contributed by atoms with Gasteiger partial charge < -0.3 is 14.7 Å². The molecule has 0 saturated carbocycles. The zero-order valence-corrected chi connectivity index (χ0v) is 11.3. The average Bonchev–Trinajstić information content (AvgIpc) is 2.48. The Morgan fingerprint density at radius 2 is 2.15 bits per heavy atom. The first-order valence-corrected chi connectivity index (χ1v) is 7.00. The van der Waals surface area contributed by atoms with Crippen LogP contribution in [0.2, 0.25) is 0 Å². The number of likely N-dealkylation sites (tertiary alicyclic amines) is 1. The number of hydrogen-bond donors (Lipinski definition) is 1. The zero-order chi connectivity index (χ0) is 13.9. The van der Waals surface area contributed by atoms with Crippen molar-refractivity contribution in [1.29, 1.82) is 0 Å². The number of hydrogen-bond acceptors (Lipinski definition) is 3. The molecule has 0 bridgehead atoms. The molecule has 0 unspecified atom stereocenters. The zero-order valence-electron chi connectivity index (χ0n) is 11.3. The molecule has 1 fully saturated rings. The number of carboxylic acid groups (broad SMARTS) is 1. The lowest BCUT2D eigenvalue weighted by Gasteiger charge is -2.31. The van der Waals surface area contributed by atoms with Gasteiger partial charge >= 0.3 is 6.09 Å². The largest absolute Gasteiger partial charge is 0.490 e. The van der Waals surface area contributed by atoms with Crippen LogP contribution in [-0.4, -0.2) is 48.1 Å². The maximum absolute atomic E-state index is 10.9.